The molecule has 2 aromatic heterocycles. The lowest BCUT2D eigenvalue weighted by molar-refractivity contribution is -0.137. The fraction of sp³-hybridized carbons (Fsp3) is 0.391. The Kier molecular flexibility index (Phi) is 6.71. The first kappa shape index (κ1) is 23.5. The number of benzene rings is 1. The lowest BCUT2D eigenvalue weighted by atomic mass is 10.2. The third kappa shape index (κ3) is 5.46. The van der Waals surface area contributed by atoms with E-state index in [-0.39, 0.29) is 24.2 Å². The number of carbonyl (C=O) groups is 1. The SMILES string of the molecule is CC(C)c1nc(-c2ccc(N3CCN(C(=O)COc4cccc(C(F)(F)F)c4)CC3)nc2)no1. The number of ether oxygens (including phenoxy) is 1. The van der Waals surface area contributed by atoms with Gasteiger partial charge < -0.3 is 19.1 Å². The third-order valence-corrected chi connectivity index (χ3v) is 5.42. The van der Waals surface area contributed by atoms with E-state index < -0.39 is 11.7 Å². The number of anilines is 1. The third-order valence-electron chi connectivity index (χ3n) is 5.42. The molecule has 8 nitrogen and oxygen atoms in total. The van der Waals surface area contributed by atoms with Crippen LogP contribution in [0.3, 0.4) is 0 Å². The van der Waals surface area contributed by atoms with Crippen molar-refractivity contribution in [3.05, 3.63) is 54.0 Å². The number of hydrogen-bond acceptors (Lipinski definition) is 7. The van der Waals surface area contributed by atoms with Gasteiger partial charge in [0.1, 0.15) is 11.6 Å². The summed E-state index contributed by atoms with van der Waals surface area (Å²) in [7, 11) is 0. The maximum Gasteiger partial charge on any atom is 0.416 e. The van der Waals surface area contributed by atoms with E-state index in [9.17, 15) is 18.0 Å². The second-order valence-electron chi connectivity index (χ2n) is 8.20. The van der Waals surface area contributed by atoms with Crippen molar-refractivity contribution < 1.29 is 27.2 Å². The summed E-state index contributed by atoms with van der Waals surface area (Å²) >= 11 is 0. The molecule has 1 aliphatic heterocycles. The highest BCUT2D eigenvalue weighted by Crippen LogP contribution is 2.31. The van der Waals surface area contributed by atoms with Gasteiger partial charge in [0, 0.05) is 43.9 Å². The Morgan fingerprint density at radius 1 is 1.15 bits per heavy atom. The molecule has 1 aromatic carbocycles. The smallest absolute Gasteiger partial charge is 0.416 e. The van der Waals surface area contributed by atoms with Crippen molar-refractivity contribution in [2.45, 2.75) is 25.9 Å². The van der Waals surface area contributed by atoms with Gasteiger partial charge in [0.15, 0.2) is 6.61 Å². The zero-order valence-corrected chi connectivity index (χ0v) is 18.7. The predicted octanol–water partition coefficient (Wildman–Crippen LogP) is 4.00. The Morgan fingerprint density at radius 2 is 1.91 bits per heavy atom. The summed E-state index contributed by atoms with van der Waals surface area (Å²) in [5, 5.41) is 3.98. The normalized spacial score (nSPS) is 14.5. The van der Waals surface area contributed by atoms with Crippen molar-refractivity contribution in [2.24, 2.45) is 0 Å². The number of rotatable bonds is 6. The van der Waals surface area contributed by atoms with Gasteiger partial charge in [0.2, 0.25) is 11.7 Å². The topological polar surface area (TPSA) is 84.6 Å². The molecule has 1 amide bonds. The quantitative estimate of drug-likeness (QED) is 0.533. The van der Waals surface area contributed by atoms with E-state index in [1.807, 2.05) is 26.0 Å². The van der Waals surface area contributed by atoms with Crippen LogP contribution in [0, 0.1) is 0 Å². The number of amides is 1. The molecule has 0 unspecified atom stereocenters. The van der Waals surface area contributed by atoms with Gasteiger partial charge >= 0.3 is 6.18 Å². The van der Waals surface area contributed by atoms with Crippen LogP contribution in [0.25, 0.3) is 11.4 Å². The molecule has 180 valence electrons. The van der Waals surface area contributed by atoms with E-state index in [2.05, 4.69) is 20.0 Å². The molecular formula is C23H24F3N5O3. The summed E-state index contributed by atoms with van der Waals surface area (Å²) in [4.78, 5) is 25.0. The lowest BCUT2D eigenvalue weighted by Gasteiger charge is -2.35. The molecule has 34 heavy (non-hydrogen) atoms. The standard InChI is InChI=1S/C23H24F3N5O3/c1-15(2)22-28-21(29-34-22)16-6-7-19(27-13-16)30-8-10-31(11-9-30)20(32)14-33-18-5-3-4-17(12-18)23(24,25)26/h3-7,12-13,15H,8-11,14H2,1-2H3. The minimum atomic E-state index is -4.46. The molecule has 0 saturated carbocycles. The highest BCUT2D eigenvalue weighted by molar-refractivity contribution is 5.78. The molecule has 0 bridgehead atoms. The Hall–Kier alpha value is -3.63. The fourth-order valence-corrected chi connectivity index (χ4v) is 3.48. The first-order valence-electron chi connectivity index (χ1n) is 10.8. The molecule has 0 aliphatic carbocycles. The summed E-state index contributed by atoms with van der Waals surface area (Å²) in [6.07, 6.45) is -2.78. The van der Waals surface area contributed by atoms with E-state index in [0.29, 0.717) is 37.9 Å². The largest absolute Gasteiger partial charge is 0.484 e. The van der Waals surface area contributed by atoms with Crippen LogP contribution in [-0.2, 0) is 11.0 Å². The van der Waals surface area contributed by atoms with E-state index in [0.717, 1.165) is 23.5 Å². The van der Waals surface area contributed by atoms with Gasteiger partial charge in [-0.15, -0.1) is 0 Å². The van der Waals surface area contributed by atoms with Crippen molar-refractivity contribution >= 4 is 11.7 Å². The number of carbonyl (C=O) groups excluding carboxylic acids is 1. The lowest BCUT2D eigenvalue weighted by Crippen LogP contribution is -2.50. The Balaban J connectivity index is 1.28. The van der Waals surface area contributed by atoms with Crippen LogP contribution in [0.2, 0.25) is 0 Å². The van der Waals surface area contributed by atoms with Gasteiger partial charge in [0.25, 0.3) is 5.91 Å². The maximum absolute atomic E-state index is 12.8. The van der Waals surface area contributed by atoms with Crippen molar-refractivity contribution in [1.82, 2.24) is 20.0 Å². The Morgan fingerprint density at radius 3 is 2.53 bits per heavy atom. The Bertz CT molecular complexity index is 1120. The van der Waals surface area contributed by atoms with E-state index in [4.69, 9.17) is 9.26 Å². The summed E-state index contributed by atoms with van der Waals surface area (Å²) < 4.78 is 49.0. The van der Waals surface area contributed by atoms with E-state index in [1.165, 1.54) is 12.1 Å². The van der Waals surface area contributed by atoms with Crippen LogP contribution in [0.1, 0.15) is 31.2 Å². The van der Waals surface area contributed by atoms with Crippen molar-refractivity contribution in [3.63, 3.8) is 0 Å². The number of alkyl halides is 3. The van der Waals surface area contributed by atoms with Gasteiger partial charge in [-0.2, -0.15) is 18.2 Å². The monoisotopic (exact) mass is 475 g/mol. The molecule has 0 radical (unpaired) electrons. The van der Waals surface area contributed by atoms with E-state index >= 15 is 0 Å². The van der Waals surface area contributed by atoms with Gasteiger partial charge in [-0.3, -0.25) is 4.79 Å². The zero-order valence-electron chi connectivity index (χ0n) is 18.7. The molecule has 3 aromatic rings. The minimum Gasteiger partial charge on any atom is -0.484 e. The zero-order chi connectivity index (χ0) is 24.3. The van der Waals surface area contributed by atoms with Crippen molar-refractivity contribution in [1.29, 1.82) is 0 Å². The molecular weight excluding hydrogens is 451 g/mol. The van der Waals surface area contributed by atoms with Gasteiger partial charge in [-0.25, -0.2) is 4.98 Å². The first-order chi connectivity index (χ1) is 16.2. The first-order valence-corrected chi connectivity index (χ1v) is 10.8. The van der Waals surface area contributed by atoms with Crippen LogP contribution in [0.15, 0.2) is 47.1 Å². The number of pyridine rings is 1. The molecule has 1 fully saturated rings. The number of aromatic nitrogens is 3. The second-order valence-corrected chi connectivity index (χ2v) is 8.20. The van der Waals surface area contributed by atoms with Gasteiger partial charge in [-0.1, -0.05) is 25.1 Å². The summed E-state index contributed by atoms with van der Waals surface area (Å²) in [6.45, 7) is 5.68. The molecule has 4 rings (SSSR count). The predicted molar refractivity (Wildman–Crippen MR) is 117 cm³/mol. The summed E-state index contributed by atoms with van der Waals surface area (Å²) in [5.74, 6) is 1.69. The average molecular weight is 475 g/mol. The van der Waals surface area contributed by atoms with Crippen LogP contribution >= 0.6 is 0 Å². The maximum atomic E-state index is 12.8. The molecule has 1 aliphatic rings. The number of hydrogen-bond donors (Lipinski definition) is 0. The van der Waals surface area contributed by atoms with E-state index in [1.54, 1.807) is 11.1 Å². The number of nitrogens with zero attached hydrogens (tertiary/aromatic N) is 5. The van der Waals surface area contributed by atoms with Crippen molar-refractivity contribution in [3.8, 4) is 17.1 Å². The van der Waals surface area contributed by atoms with Crippen LogP contribution < -0.4 is 9.64 Å². The fourth-order valence-electron chi connectivity index (χ4n) is 3.48. The average Bonchev–Trinajstić information content (AvgIpc) is 3.33. The van der Waals surface area contributed by atoms with Gasteiger partial charge in [-0.05, 0) is 30.3 Å². The molecule has 0 N–H and O–H groups in total. The van der Waals surface area contributed by atoms with Crippen LogP contribution in [0.4, 0.5) is 19.0 Å². The number of halogens is 3. The number of piperazine rings is 1. The molecule has 0 atom stereocenters. The Labute approximate surface area is 194 Å². The minimum absolute atomic E-state index is 0.00761. The van der Waals surface area contributed by atoms with Crippen LogP contribution in [-0.4, -0.2) is 58.7 Å². The van der Waals surface area contributed by atoms with Gasteiger partial charge in [0.05, 0.1) is 5.56 Å². The molecule has 11 heteroatoms. The second kappa shape index (κ2) is 9.70. The summed E-state index contributed by atoms with van der Waals surface area (Å²) in [6, 6.07) is 8.24. The molecule has 0 spiro atoms. The molecule has 3 heterocycles. The summed E-state index contributed by atoms with van der Waals surface area (Å²) in [5.41, 5.74) is -0.0655. The molecule has 1 saturated heterocycles. The van der Waals surface area contributed by atoms with Crippen LogP contribution in [0.5, 0.6) is 5.75 Å². The van der Waals surface area contributed by atoms with Crippen molar-refractivity contribution in [2.75, 3.05) is 37.7 Å². The highest BCUT2D eigenvalue weighted by atomic mass is 19.4. The highest BCUT2D eigenvalue weighted by Gasteiger charge is 2.30.